The molecular weight excluding hydrogens is 437 g/mol. The number of para-hydroxylation sites is 1. The fourth-order valence-corrected chi connectivity index (χ4v) is 5.14. The number of aryl methyl sites for hydroxylation is 2. The number of carbonyl (C=O) groups excluding carboxylic acids is 1. The van der Waals surface area contributed by atoms with Crippen LogP contribution in [0.4, 0.5) is 0 Å². The largest absolute Gasteiger partial charge is 1.00 e. The van der Waals surface area contributed by atoms with Crippen molar-refractivity contribution in [2.75, 3.05) is 0 Å². The maximum Gasteiger partial charge on any atom is 1.00 e. The molecule has 0 spiro atoms. The van der Waals surface area contributed by atoms with Crippen LogP contribution in [0.5, 0.6) is 5.75 Å². The molecule has 4 aromatic rings. The Morgan fingerprint density at radius 2 is 1.85 bits per heavy atom. The first-order valence-corrected chi connectivity index (χ1v) is 11.7. The van der Waals surface area contributed by atoms with E-state index in [1.165, 1.54) is 19.3 Å². The second-order valence-electron chi connectivity index (χ2n) is 9.22. The van der Waals surface area contributed by atoms with Gasteiger partial charge in [0.15, 0.2) is 5.76 Å². The van der Waals surface area contributed by atoms with Gasteiger partial charge in [-0.3, -0.25) is 0 Å². The third kappa shape index (κ3) is 4.49. The number of ether oxygens (including phenoxy) is 1. The van der Waals surface area contributed by atoms with Crippen LogP contribution in [0.15, 0.2) is 46.9 Å². The fraction of sp³-hybridized carbons (Fsp3) is 0.357. The number of benzene rings is 2. The molecule has 2 aromatic heterocycles. The van der Waals surface area contributed by atoms with Gasteiger partial charge in [-0.2, -0.15) is 0 Å². The number of nitrogens with zero attached hydrogens (tertiary/aromatic N) is 1. The number of carboxylic acids is 1. The average Bonchev–Trinajstić information content (AvgIpc) is 3.17. The van der Waals surface area contributed by atoms with E-state index in [0.29, 0.717) is 34.0 Å². The molecule has 2 heterocycles. The second-order valence-corrected chi connectivity index (χ2v) is 9.22. The smallest absolute Gasteiger partial charge is 0.545 e. The zero-order valence-electron chi connectivity index (χ0n) is 20.3. The summed E-state index contributed by atoms with van der Waals surface area (Å²) in [6.45, 7) is 5.97. The third-order valence-corrected chi connectivity index (χ3v) is 7.05. The Bertz CT molecular complexity index is 1350. The van der Waals surface area contributed by atoms with Crippen LogP contribution in [-0.4, -0.2) is 17.1 Å². The molecule has 1 aliphatic rings. The molecular formula is C28H28NNaO4. The number of hydrogen-bond donors (Lipinski definition) is 0. The predicted octanol–water partition coefficient (Wildman–Crippen LogP) is 2.98. The third-order valence-electron chi connectivity index (χ3n) is 7.05. The van der Waals surface area contributed by atoms with Gasteiger partial charge in [-0.05, 0) is 63.3 Å². The SMILES string of the molecule is Cc1c(-c2cc(C(=O)[O-])c3c(OC(C)C4CCCCC4)ccc(C)c3n2)oc2ccccc12.[Na+]. The number of fused-ring (bicyclic) bond motifs is 2. The maximum absolute atomic E-state index is 12.3. The minimum atomic E-state index is -1.25. The Labute approximate surface area is 221 Å². The van der Waals surface area contributed by atoms with Crippen LogP contribution in [0.2, 0.25) is 0 Å². The van der Waals surface area contributed by atoms with E-state index < -0.39 is 5.97 Å². The van der Waals surface area contributed by atoms with Crippen LogP contribution >= 0.6 is 0 Å². The van der Waals surface area contributed by atoms with Crippen LogP contribution in [0.1, 0.15) is 60.5 Å². The Morgan fingerprint density at radius 1 is 1.12 bits per heavy atom. The minimum Gasteiger partial charge on any atom is -0.545 e. The van der Waals surface area contributed by atoms with Crippen molar-refractivity contribution in [1.29, 1.82) is 0 Å². The number of carboxylic acid groups (broad SMARTS) is 1. The standard InChI is InChI=1S/C28H29NO4.Na/c1-16-13-14-24(32-18(3)19-9-5-4-6-10-19)25-21(28(30)31)15-22(29-26(16)25)27-17(2)20-11-7-8-12-23(20)33-27;/h7-8,11-15,18-19H,4-6,9-10H2,1-3H3,(H,30,31);/q;+1/p-1. The molecule has 1 unspecified atom stereocenters. The summed E-state index contributed by atoms with van der Waals surface area (Å²) in [4.78, 5) is 17.1. The predicted molar refractivity (Wildman–Crippen MR) is 127 cm³/mol. The molecule has 6 heteroatoms. The van der Waals surface area contributed by atoms with Gasteiger partial charge in [0, 0.05) is 16.5 Å². The molecule has 1 atom stereocenters. The average molecular weight is 466 g/mol. The van der Waals surface area contributed by atoms with Gasteiger partial charge >= 0.3 is 29.6 Å². The quantitative estimate of drug-likeness (QED) is 0.424. The van der Waals surface area contributed by atoms with Crippen molar-refractivity contribution in [2.45, 2.75) is 59.0 Å². The number of aromatic carboxylic acids is 1. The first-order valence-electron chi connectivity index (χ1n) is 11.7. The summed E-state index contributed by atoms with van der Waals surface area (Å²) in [5.74, 6) is 0.347. The van der Waals surface area contributed by atoms with Crippen molar-refractivity contribution in [3.63, 3.8) is 0 Å². The Kier molecular flexibility index (Phi) is 7.36. The van der Waals surface area contributed by atoms with Gasteiger partial charge in [0.1, 0.15) is 17.0 Å². The monoisotopic (exact) mass is 465 g/mol. The summed E-state index contributed by atoms with van der Waals surface area (Å²) in [6.07, 6.45) is 6.01. The van der Waals surface area contributed by atoms with Gasteiger partial charge in [-0.1, -0.05) is 43.5 Å². The van der Waals surface area contributed by atoms with E-state index >= 15 is 0 Å². The van der Waals surface area contributed by atoms with Crippen LogP contribution in [-0.2, 0) is 0 Å². The molecule has 5 rings (SSSR count). The topological polar surface area (TPSA) is 75.4 Å². The molecule has 0 saturated heterocycles. The number of aromatic nitrogens is 1. The number of rotatable bonds is 5. The molecule has 1 saturated carbocycles. The van der Waals surface area contributed by atoms with Gasteiger partial charge in [-0.25, -0.2) is 4.98 Å². The van der Waals surface area contributed by atoms with Crippen LogP contribution < -0.4 is 39.4 Å². The Balaban J connectivity index is 0.00000274. The second kappa shape index (κ2) is 10.1. The van der Waals surface area contributed by atoms with E-state index in [4.69, 9.17) is 14.1 Å². The van der Waals surface area contributed by atoms with Crippen molar-refractivity contribution in [1.82, 2.24) is 4.98 Å². The molecule has 1 aliphatic carbocycles. The van der Waals surface area contributed by atoms with Crippen molar-refractivity contribution in [3.8, 4) is 17.2 Å². The van der Waals surface area contributed by atoms with E-state index in [0.717, 1.165) is 34.9 Å². The fourth-order valence-electron chi connectivity index (χ4n) is 5.14. The van der Waals surface area contributed by atoms with Crippen molar-refractivity contribution < 1.29 is 48.6 Å². The van der Waals surface area contributed by atoms with Crippen LogP contribution in [0, 0.1) is 19.8 Å². The number of carbonyl (C=O) groups is 1. The molecule has 5 nitrogen and oxygen atoms in total. The Hall–Kier alpha value is -2.34. The van der Waals surface area contributed by atoms with Crippen molar-refractivity contribution in [3.05, 3.63) is 59.2 Å². The summed E-state index contributed by atoms with van der Waals surface area (Å²) in [5.41, 5.74) is 3.70. The summed E-state index contributed by atoms with van der Waals surface area (Å²) in [5, 5.41) is 13.8. The molecule has 1 fully saturated rings. The maximum atomic E-state index is 12.3. The zero-order chi connectivity index (χ0) is 23.1. The van der Waals surface area contributed by atoms with E-state index in [2.05, 4.69) is 6.92 Å². The van der Waals surface area contributed by atoms with Gasteiger partial charge < -0.3 is 19.1 Å². The van der Waals surface area contributed by atoms with Gasteiger partial charge in [-0.15, -0.1) is 0 Å². The van der Waals surface area contributed by atoms with E-state index in [-0.39, 0.29) is 41.2 Å². The van der Waals surface area contributed by atoms with Crippen molar-refractivity contribution >= 4 is 27.8 Å². The summed E-state index contributed by atoms with van der Waals surface area (Å²) >= 11 is 0. The van der Waals surface area contributed by atoms with Crippen LogP contribution in [0.3, 0.4) is 0 Å². The molecule has 170 valence electrons. The molecule has 2 aromatic carbocycles. The van der Waals surface area contributed by atoms with Crippen LogP contribution in [0.25, 0.3) is 33.3 Å². The molecule has 34 heavy (non-hydrogen) atoms. The molecule has 0 amide bonds. The minimum absolute atomic E-state index is 0. The summed E-state index contributed by atoms with van der Waals surface area (Å²) in [6, 6.07) is 13.1. The molecule has 0 radical (unpaired) electrons. The number of pyridine rings is 1. The molecule has 0 aliphatic heterocycles. The summed E-state index contributed by atoms with van der Waals surface area (Å²) < 4.78 is 12.5. The van der Waals surface area contributed by atoms with E-state index in [1.807, 2.05) is 50.2 Å². The van der Waals surface area contributed by atoms with Gasteiger partial charge in [0.25, 0.3) is 0 Å². The first-order chi connectivity index (χ1) is 15.9. The molecule has 0 bridgehead atoms. The molecule has 0 N–H and O–H groups in total. The number of furan rings is 1. The summed E-state index contributed by atoms with van der Waals surface area (Å²) in [7, 11) is 0. The van der Waals surface area contributed by atoms with E-state index in [1.54, 1.807) is 6.07 Å². The number of hydrogen-bond acceptors (Lipinski definition) is 5. The van der Waals surface area contributed by atoms with E-state index in [9.17, 15) is 9.90 Å². The first kappa shape index (κ1) is 24.8. The van der Waals surface area contributed by atoms with Gasteiger partial charge in [0.05, 0.1) is 23.0 Å². The van der Waals surface area contributed by atoms with Gasteiger partial charge in [0.2, 0.25) is 0 Å². The Morgan fingerprint density at radius 3 is 2.56 bits per heavy atom. The van der Waals surface area contributed by atoms with Crippen molar-refractivity contribution in [2.24, 2.45) is 5.92 Å². The normalized spacial score (nSPS) is 15.3. The zero-order valence-corrected chi connectivity index (χ0v) is 22.3.